The van der Waals surface area contributed by atoms with Crippen LogP contribution in [0.2, 0.25) is 0 Å². The summed E-state index contributed by atoms with van der Waals surface area (Å²) in [5.41, 5.74) is 0.985. The number of benzene rings is 2. The minimum absolute atomic E-state index is 0.243. The van der Waals surface area contributed by atoms with Gasteiger partial charge in [-0.1, -0.05) is 28.1 Å². The third-order valence-corrected chi connectivity index (χ3v) is 4.98. The van der Waals surface area contributed by atoms with Crippen molar-refractivity contribution in [1.82, 2.24) is 4.72 Å². The van der Waals surface area contributed by atoms with Gasteiger partial charge in [0.15, 0.2) is 0 Å². The van der Waals surface area contributed by atoms with Gasteiger partial charge in [0.05, 0.1) is 4.90 Å². The first-order valence-corrected chi connectivity index (χ1v) is 8.75. The second kappa shape index (κ2) is 7.15. The first-order chi connectivity index (χ1) is 9.97. The molecule has 0 aromatic heterocycles. The van der Waals surface area contributed by atoms with Crippen molar-refractivity contribution >= 4 is 26.0 Å². The lowest BCUT2D eigenvalue weighted by Crippen LogP contribution is -2.25. The SMILES string of the molecule is O=S(=O)(NCCCc1ccc(F)cc1)c1ccc(Br)cc1. The predicted octanol–water partition coefficient (Wildman–Crippen LogP) is 3.50. The van der Waals surface area contributed by atoms with Gasteiger partial charge in [-0.25, -0.2) is 17.5 Å². The van der Waals surface area contributed by atoms with Crippen molar-refractivity contribution in [2.24, 2.45) is 0 Å². The highest BCUT2D eigenvalue weighted by Gasteiger charge is 2.12. The Hall–Kier alpha value is -1.24. The lowest BCUT2D eigenvalue weighted by atomic mass is 10.1. The number of hydrogen-bond donors (Lipinski definition) is 1. The van der Waals surface area contributed by atoms with Crippen LogP contribution in [0.15, 0.2) is 57.9 Å². The maximum atomic E-state index is 12.8. The van der Waals surface area contributed by atoms with Crippen molar-refractivity contribution in [3.05, 3.63) is 64.4 Å². The summed E-state index contributed by atoms with van der Waals surface area (Å²) in [5.74, 6) is -0.269. The Morgan fingerprint density at radius 3 is 2.24 bits per heavy atom. The molecule has 0 heterocycles. The van der Waals surface area contributed by atoms with E-state index in [-0.39, 0.29) is 10.7 Å². The standard InChI is InChI=1S/C15H15BrFNO2S/c16-13-5-9-15(10-6-13)21(19,20)18-11-1-2-12-3-7-14(17)8-4-12/h3-10,18H,1-2,11H2. The van der Waals surface area contributed by atoms with Crippen molar-refractivity contribution in [1.29, 1.82) is 0 Å². The Labute approximate surface area is 132 Å². The zero-order valence-electron chi connectivity index (χ0n) is 11.2. The zero-order valence-corrected chi connectivity index (χ0v) is 13.6. The Balaban J connectivity index is 1.85. The van der Waals surface area contributed by atoms with Crippen molar-refractivity contribution < 1.29 is 12.8 Å². The number of hydrogen-bond acceptors (Lipinski definition) is 2. The predicted molar refractivity (Wildman–Crippen MR) is 84.1 cm³/mol. The van der Waals surface area contributed by atoms with E-state index in [1.807, 2.05) is 0 Å². The average Bonchev–Trinajstić information content (AvgIpc) is 2.46. The van der Waals surface area contributed by atoms with Crippen LogP contribution in [-0.4, -0.2) is 15.0 Å². The van der Waals surface area contributed by atoms with E-state index < -0.39 is 10.0 Å². The van der Waals surface area contributed by atoms with E-state index in [2.05, 4.69) is 20.7 Å². The van der Waals surface area contributed by atoms with E-state index in [9.17, 15) is 12.8 Å². The fourth-order valence-electron chi connectivity index (χ4n) is 1.85. The van der Waals surface area contributed by atoms with E-state index in [1.165, 1.54) is 12.1 Å². The van der Waals surface area contributed by atoms with Gasteiger partial charge in [0.2, 0.25) is 10.0 Å². The van der Waals surface area contributed by atoms with Crippen LogP contribution in [0.5, 0.6) is 0 Å². The second-order valence-corrected chi connectivity index (χ2v) is 7.26. The summed E-state index contributed by atoms with van der Waals surface area (Å²) in [6.07, 6.45) is 1.35. The highest BCUT2D eigenvalue weighted by atomic mass is 79.9. The maximum Gasteiger partial charge on any atom is 0.240 e. The Kier molecular flexibility index (Phi) is 5.50. The van der Waals surface area contributed by atoms with Crippen LogP contribution >= 0.6 is 15.9 Å². The smallest absolute Gasteiger partial charge is 0.211 e. The molecule has 0 aliphatic heterocycles. The molecule has 0 radical (unpaired) electrons. The van der Waals surface area contributed by atoms with Crippen LogP contribution in [0.25, 0.3) is 0 Å². The van der Waals surface area contributed by atoms with Crippen LogP contribution in [-0.2, 0) is 16.4 Å². The molecule has 2 aromatic rings. The molecule has 0 unspecified atom stereocenters. The topological polar surface area (TPSA) is 46.2 Å². The van der Waals surface area contributed by atoms with Crippen LogP contribution in [0, 0.1) is 5.82 Å². The third-order valence-electron chi connectivity index (χ3n) is 2.97. The summed E-state index contributed by atoms with van der Waals surface area (Å²) >= 11 is 3.27. The number of nitrogens with one attached hydrogen (secondary N) is 1. The van der Waals surface area contributed by atoms with Gasteiger partial charge in [-0.2, -0.15) is 0 Å². The van der Waals surface area contributed by atoms with Crippen LogP contribution in [0.1, 0.15) is 12.0 Å². The summed E-state index contributed by atoms with van der Waals surface area (Å²) in [7, 11) is -3.47. The van der Waals surface area contributed by atoms with Crippen molar-refractivity contribution in [3.8, 4) is 0 Å². The molecule has 0 fully saturated rings. The lowest BCUT2D eigenvalue weighted by Gasteiger charge is -2.07. The lowest BCUT2D eigenvalue weighted by molar-refractivity contribution is 0.579. The maximum absolute atomic E-state index is 12.8. The molecule has 112 valence electrons. The number of aryl methyl sites for hydroxylation is 1. The highest BCUT2D eigenvalue weighted by Crippen LogP contribution is 2.14. The van der Waals surface area contributed by atoms with Crippen LogP contribution in [0.3, 0.4) is 0 Å². The van der Waals surface area contributed by atoms with Gasteiger partial charge in [-0.3, -0.25) is 0 Å². The van der Waals surface area contributed by atoms with Gasteiger partial charge in [0, 0.05) is 11.0 Å². The molecule has 1 N–H and O–H groups in total. The molecule has 3 nitrogen and oxygen atoms in total. The molecular weight excluding hydrogens is 357 g/mol. The molecule has 0 spiro atoms. The Morgan fingerprint density at radius 1 is 1.00 bits per heavy atom. The minimum atomic E-state index is -3.47. The largest absolute Gasteiger partial charge is 0.240 e. The second-order valence-electron chi connectivity index (χ2n) is 4.58. The molecular formula is C15H15BrFNO2S. The van der Waals surface area contributed by atoms with Gasteiger partial charge in [-0.05, 0) is 54.8 Å². The average molecular weight is 372 g/mol. The molecule has 0 atom stereocenters. The summed E-state index contributed by atoms with van der Waals surface area (Å²) in [6, 6.07) is 12.7. The third kappa shape index (κ3) is 4.91. The normalized spacial score (nSPS) is 11.5. The summed E-state index contributed by atoms with van der Waals surface area (Å²) in [6.45, 7) is 0.343. The van der Waals surface area contributed by atoms with E-state index in [0.29, 0.717) is 19.4 Å². The summed E-state index contributed by atoms with van der Waals surface area (Å²) in [5, 5.41) is 0. The van der Waals surface area contributed by atoms with E-state index in [4.69, 9.17) is 0 Å². The molecule has 0 saturated heterocycles. The number of halogens is 2. The van der Waals surface area contributed by atoms with Crippen LogP contribution in [0.4, 0.5) is 4.39 Å². The molecule has 0 amide bonds. The van der Waals surface area contributed by atoms with Gasteiger partial charge in [0.1, 0.15) is 5.82 Å². The fourth-order valence-corrected chi connectivity index (χ4v) is 3.19. The molecule has 0 bridgehead atoms. The fraction of sp³-hybridized carbons (Fsp3) is 0.200. The first-order valence-electron chi connectivity index (χ1n) is 6.47. The van der Waals surface area contributed by atoms with Crippen molar-refractivity contribution in [3.63, 3.8) is 0 Å². The first kappa shape index (κ1) is 16.1. The molecule has 2 aromatic carbocycles. The van der Waals surface area contributed by atoms with Gasteiger partial charge in [0.25, 0.3) is 0 Å². The van der Waals surface area contributed by atoms with Gasteiger partial charge in [-0.15, -0.1) is 0 Å². The quantitative estimate of drug-likeness (QED) is 0.789. The molecule has 6 heteroatoms. The Bertz CT molecular complexity index is 685. The van der Waals surface area contributed by atoms with Gasteiger partial charge >= 0.3 is 0 Å². The molecule has 0 aliphatic rings. The minimum Gasteiger partial charge on any atom is -0.211 e. The van der Waals surface area contributed by atoms with E-state index in [1.54, 1.807) is 36.4 Å². The summed E-state index contributed by atoms with van der Waals surface area (Å²) in [4.78, 5) is 0.243. The summed E-state index contributed by atoms with van der Waals surface area (Å²) < 4.78 is 40.2. The highest BCUT2D eigenvalue weighted by molar-refractivity contribution is 9.10. The number of sulfonamides is 1. The van der Waals surface area contributed by atoms with E-state index >= 15 is 0 Å². The van der Waals surface area contributed by atoms with Gasteiger partial charge < -0.3 is 0 Å². The van der Waals surface area contributed by atoms with Crippen molar-refractivity contribution in [2.75, 3.05) is 6.54 Å². The molecule has 21 heavy (non-hydrogen) atoms. The Morgan fingerprint density at radius 2 is 1.62 bits per heavy atom. The van der Waals surface area contributed by atoms with Crippen molar-refractivity contribution in [2.45, 2.75) is 17.7 Å². The number of rotatable bonds is 6. The zero-order chi connectivity index (χ0) is 15.3. The molecule has 2 rings (SSSR count). The van der Waals surface area contributed by atoms with E-state index in [0.717, 1.165) is 10.0 Å². The molecule has 0 saturated carbocycles. The monoisotopic (exact) mass is 371 g/mol. The molecule has 0 aliphatic carbocycles. The van der Waals surface area contributed by atoms with Crippen LogP contribution < -0.4 is 4.72 Å².